The van der Waals surface area contributed by atoms with Gasteiger partial charge in [-0.1, -0.05) is 42.5 Å². The van der Waals surface area contributed by atoms with E-state index in [1.807, 2.05) is 18.2 Å². The molecule has 1 amide bonds. The maximum Gasteiger partial charge on any atom is 0.287 e. The summed E-state index contributed by atoms with van der Waals surface area (Å²) in [5, 5.41) is 3.03. The van der Waals surface area contributed by atoms with Crippen LogP contribution < -0.4 is 5.32 Å². The van der Waals surface area contributed by atoms with Crippen molar-refractivity contribution in [1.82, 2.24) is 5.32 Å². The van der Waals surface area contributed by atoms with Gasteiger partial charge in [-0.25, -0.2) is 8.42 Å². The average molecular weight is 410 g/mol. The van der Waals surface area contributed by atoms with Gasteiger partial charge in [0.15, 0.2) is 15.6 Å². The molecule has 4 rings (SSSR count). The van der Waals surface area contributed by atoms with Crippen molar-refractivity contribution in [3.63, 3.8) is 0 Å². The van der Waals surface area contributed by atoms with E-state index in [2.05, 4.69) is 11.4 Å². The molecular formula is C23H23NO4S. The Balaban J connectivity index is 1.48. The Bertz CT molecular complexity index is 1150. The number of furan rings is 1. The summed E-state index contributed by atoms with van der Waals surface area (Å²) in [6.45, 7) is 1.76. The molecule has 1 aliphatic rings. The largest absolute Gasteiger partial charge is 0.455 e. The first kappa shape index (κ1) is 19.5. The molecule has 1 heterocycles. The normalized spacial score (nSPS) is 16.2. The zero-order valence-corrected chi connectivity index (χ0v) is 17.0. The molecule has 0 radical (unpaired) electrons. The predicted octanol–water partition coefficient (Wildman–Crippen LogP) is 4.37. The molecule has 1 atom stereocenters. The lowest BCUT2D eigenvalue weighted by molar-refractivity contribution is 0.0903. The number of fused-ring (bicyclic) bond motifs is 1. The smallest absolute Gasteiger partial charge is 0.287 e. The quantitative estimate of drug-likeness (QED) is 0.679. The third-order valence-electron chi connectivity index (χ3n) is 5.32. The highest BCUT2D eigenvalue weighted by Crippen LogP contribution is 2.30. The summed E-state index contributed by atoms with van der Waals surface area (Å²) in [6, 6.07) is 18.0. The van der Waals surface area contributed by atoms with Gasteiger partial charge in [0, 0.05) is 0 Å². The van der Waals surface area contributed by atoms with E-state index in [-0.39, 0.29) is 34.1 Å². The maximum absolute atomic E-state index is 12.7. The zero-order valence-electron chi connectivity index (χ0n) is 16.2. The number of aryl methyl sites for hydroxylation is 2. The van der Waals surface area contributed by atoms with E-state index < -0.39 is 9.84 Å². The van der Waals surface area contributed by atoms with Gasteiger partial charge in [-0.05, 0) is 61.1 Å². The van der Waals surface area contributed by atoms with E-state index in [1.165, 1.54) is 11.6 Å². The molecule has 0 aliphatic heterocycles. The summed E-state index contributed by atoms with van der Waals surface area (Å²) in [5.74, 6) is -0.228. The fourth-order valence-corrected chi connectivity index (χ4v) is 5.41. The second kappa shape index (κ2) is 7.87. The highest BCUT2D eigenvalue weighted by molar-refractivity contribution is 7.90. The van der Waals surface area contributed by atoms with Crippen molar-refractivity contribution in [3.8, 4) is 0 Å². The molecule has 0 fully saturated rings. The van der Waals surface area contributed by atoms with Gasteiger partial charge in [-0.3, -0.25) is 4.79 Å². The summed E-state index contributed by atoms with van der Waals surface area (Å²) in [6.07, 6.45) is 2.90. The topological polar surface area (TPSA) is 76.4 Å². The third kappa shape index (κ3) is 4.12. The first-order valence-electron chi connectivity index (χ1n) is 9.70. The Morgan fingerprint density at radius 1 is 1.07 bits per heavy atom. The van der Waals surface area contributed by atoms with Crippen LogP contribution in [0.4, 0.5) is 0 Å². The zero-order chi connectivity index (χ0) is 20.4. The Morgan fingerprint density at radius 3 is 2.66 bits per heavy atom. The van der Waals surface area contributed by atoms with E-state index in [9.17, 15) is 13.2 Å². The van der Waals surface area contributed by atoms with Crippen LogP contribution in [0.5, 0.6) is 0 Å². The number of carbonyl (C=O) groups excluding carboxylic acids is 1. The van der Waals surface area contributed by atoms with Crippen molar-refractivity contribution >= 4 is 15.7 Å². The second-order valence-electron chi connectivity index (χ2n) is 7.41. The van der Waals surface area contributed by atoms with Gasteiger partial charge in [0.2, 0.25) is 0 Å². The molecule has 5 nitrogen and oxygen atoms in total. The number of benzene rings is 2. The Kier molecular flexibility index (Phi) is 5.28. The van der Waals surface area contributed by atoms with Crippen molar-refractivity contribution in [2.75, 3.05) is 0 Å². The van der Waals surface area contributed by atoms with Crippen LogP contribution in [-0.4, -0.2) is 14.3 Å². The minimum atomic E-state index is -3.55. The monoisotopic (exact) mass is 409 g/mol. The molecule has 0 spiro atoms. The van der Waals surface area contributed by atoms with Gasteiger partial charge >= 0.3 is 0 Å². The molecule has 0 bridgehead atoms. The Hall–Kier alpha value is -2.86. The number of nitrogens with one attached hydrogen (secondary N) is 1. The van der Waals surface area contributed by atoms with Crippen LogP contribution in [0.15, 0.2) is 70.0 Å². The lowest BCUT2D eigenvalue weighted by atomic mass is 9.88. The second-order valence-corrected chi connectivity index (χ2v) is 9.37. The number of carbonyl (C=O) groups is 1. The maximum atomic E-state index is 12.7. The predicted molar refractivity (Wildman–Crippen MR) is 110 cm³/mol. The average Bonchev–Trinajstić information content (AvgIpc) is 3.16. The lowest BCUT2D eigenvalue weighted by Crippen LogP contribution is -2.30. The fourth-order valence-electron chi connectivity index (χ4n) is 3.88. The van der Waals surface area contributed by atoms with E-state index in [1.54, 1.807) is 37.3 Å². The SMILES string of the molecule is Cc1ccccc1S(=O)(=O)Cc1ccc(C(=O)N[C@H]2CCCc3ccccc32)o1. The molecule has 150 valence electrons. The van der Waals surface area contributed by atoms with E-state index >= 15 is 0 Å². The van der Waals surface area contributed by atoms with Crippen LogP contribution in [-0.2, 0) is 22.0 Å². The van der Waals surface area contributed by atoms with Crippen molar-refractivity contribution in [1.29, 1.82) is 0 Å². The fraction of sp³-hybridized carbons (Fsp3) is 0.261. The molecule has 2 aromatic carbocycles. The van der Waals surface area contributed by atoms with E-state index in [0.29, 0.717) is 5.56 Å². The minimum Gasteiger partial charge on any atom is -0.455 e. The van der Waals surface area contributed by atoms with Crippen LogP contribution in [0, 0.1) is 6.92 Å². The first-order chi connectivity index (χ1) is 13.9. The molecule has 1 aliphatic carbocycles. The van der Waals surface area contributed by atoms with Gasteiger partial charge < -0.3 is 9.73 Å². The summed E-state index contributed by atoms with van der Waals surface area (Å²) in [5.41, 5.74) is 3.09. The molecule has 0 saturated carbocycles. The minimum absolute atomic E-state index is 0.0586. The number of hydrogen-bond acceptors (Lipinski definition) is 4. The highest BCUT2D eigenvalue weighted by atomic mass is 32.2. The van der Waals surface area contributed by atoms with Crippen molar-refractivity contribution in [2.24, 2.45) is 0 Å². The summed E-state index contributed by atoms with van der Waals surface area (Å²) >= 11 is 0. The van der Waals surface area contributed by atoms with Crippen LogP contribution in [0.3, 0.4) is 0 Å². The highest BCUT2D eigenvalue weighted by Gasteiger charge is 2.24. The number of amides is 1. The lowest BCUT2D eigenvalue weighted by Gasteiger charge is -2.26. The molecule has 0 unspecified atom stereocenters. The van der Waals surface area contributed by atoms with Gasteiger partial charge in [0.05, 0.1) is 10.9 Å². The molecule has 1 aromatic heterocycles. The van der Waals surface area contributed by atoms with Crippen LogP contribution >= 0.6 is 0 Å². The van der Waals surface area contributed by atoms with E-state index in [0.717, 1.165) is 24.8 Å². The summed E-state index contributed by atoms with van der Waals surface area (Å²) < 4.78 is 31.0. The van der Waals surface area contributed by atoms with Gasteiger partial charge in [0.1, 0.15) is 11.5 Å². The molecule has 1 N–H and O–H groups in total. The molecule has 0 saturated heterocycles. The van der Waals surface area contributed by atoms with Crippen LogP contribution in [0.25, 0.3) is 0 Å². The third-order valence-corrected chi connectivity index (χ3v) is 7.11. The summed E-state index contributed by atoms with van der Waals surface area (Å²) in [4.78, 5) is 13.0. The molecular weight excluding hydrogens is 386 g/mol. The summed E-state index contributed by atoms with van der Waals surface area (Å²) in [7, 11) is -3.55. The number of hydrogen-bond donors (Lipinski definition) is 1. The molecule has 3 aromatic rings. The van der Waals surface area contributed by atoms with Crippen LogP contribution in [0.2, 0.25) is 0 Å². The standard InChI is InChI=1S/C23H23NO4S/c1-16-7-2-5-12-22(16)29(26,27)15-18-13-14-21(28-18)23(25)24-20-11-6-9-17-8-3-4-10-19(17)20/h2-5,7-8,10,12-14,20H,6,9,11,15H2,1H3,(H,24,25)/t20-/m0/s1. The van der Waals surface area contributed by atoms with Gasteiger partial charge in [0.25, 0.3) is 5.91 Å². The van der Waals surface area contributed by atoms with Crippen molar-refractivity contribution in [3.05, 3.63) is 88.9 Å². The van der Waals surface area contributed by atoms with Crippen molar-refractivity contribution < 1.29 is 17.6 Å². The number of sulfone groups is 1. The van der Waals surface area contributed by atoms with Gasteiger partial charge in [-0.15, -0.1) is 0 Å². The Labute approximate surface area is 170 Å². The Morgan fingerprint density at radius 2 is 1.83 bits per heavy atom. The van der Waals surface area contributed by atoms with E-state index in [4.69, 9.17) is 4.42 Å². The van der Waals surface area contributed by atoms with Gasteiger partial charge in [-0.2, -0.15) is 0 Å². The molecule has 6 heteroatoms. The van der Waals surface area contributed by atoms with Crippen LogP contribution in [0.1, 0.15) is 51.9 Å². The molecule has 29 heavy (non-hydrogen) atoms. The first-order valence-corrected chi connectivity index (χ1v) is 11.3. The number of rotatable bonds is 5. The van der Waals surface area contributed by atoms with Crippen molar-refractivity contribution in [2.45, 2.75) is 42.9 Å².